The zero-order valence-electron chi connectivity index (χ0n) is 19.8. The Morgan fingerprint density at radius 2 is 1.74 bits per heavy atom. The topological polar surface area (TPSA) is 114 Å². The second kappa shape index (κ2) is 10.9. The summed E-state index contributed by atoms with van der Waals surface area (Å²) in [4.78, 5) is 25.8. The number of amides is 2. The lowest BCUT2D eigenvalue weighted by atomic mass is 10.0. The van der Waals surface area contributed by atoms with Crippen LogP contribution in [0.1, 0.15) is 43.6 Å². The molecule has 0 aliphatic carbocycles. The van der Waals surface area contributed by atoms with Crippen LogP contribution in [0.2, 0.25) is 0 Å². The molecule has 9 nitrogen and oxygen atoms in total. The maximum Gasteiger partial charge on any atom is 0.251 e. The van der Waals surface area contributed by atoms with Crippen LogP contribution in [0.3, 0.4) is 0 Å². The number of hydrogen-bond donors (Lipinski definition) is 2. The van der Waals surface area contributed by atoms with Crippen LogP contribution < -0.4 is 20.1 Å². The average Bonchev–Trinajstić information content (AvgIpc) is 3.29. The Morgan fingerprint density at radius 3 is 2.41 bits per heavy atom. The molecule has 0 aromatic heterocycles. The van der Waals surface area contributed by atoms with Crippen molar-refractivity contribution >= 4 is 21.8 Å². The molecule has 0 fully saturated rings. The summed E-state index contributed by atoms with van der Waals surface area (Å²) in [6, 6.07) is 10.5. The van der Waals surface area contributed by atoms with Gasteiger partial charge in [-0.25, -0.2) is 8.42 Å². The number of carbonyl (C=O) groups is 2. The summed E-state index contributed by atoms with van der Waals surface area (Å²) in [6.07, 6.45) is 0. The first-order chi connectivity index (χ1) is 16.2. The van der Waals surface area contributed by atoms with Crippen molar-refractivity contribution in [2.45, 2.75) is 45.2 Å². The number of nitrogens with zero attached hydrogens (tertiary/aromatic N) is 1. The summed E-state index contributed by atoms with van der Waals surface area (Å²) in [5, 5.41) is 5.58. The molecule has 184 valence electrons. The second-order valence-corrected chi connectivity index (χ2v) is 10.2. The summed E-state index contributed by atoms with van der Waals surface area (Å²) >= 11 is 0. The molecule has 2 amide bonds. The molecule has 0 saturated carbocycles. The minimum Gasteiger partial charge on any atom is -0.454 e. The number of hydrogen-bond acceptors (Lipinski definition) is 6. The number of fused-ring (bicyclic) bond motifs is 1. The van der Waals surface area contributed by atoms with Crippen molar-refractivity contribution in [2.75, 3.05) is 19.9 Å². The zero-order valence-corrected chi connectivity index (χ0v) is 20.6. The van der Waals surface area contributed by atoms with Gasteiger partial charge >= 0.3 is 0 Å². The van der Waals surface area contributed by atoms with Crippen LogP contribution in [0.4, 0.5) is 0 Å². The van der Waals surface area contributed by atoms with E-state index in [0.717, 1.165) is 5.56 Å². The monoisotopic (exact) mass is 489 g/mol. The molecule has 34 heavy (non-hydrogen) atoms. The minimum atomic E-state index is -3.71. The smallest absolute Gasteiger partial charge is 0.251 e. The maximum absolute atomic E-state index is 12.9. The van der Waals surface area contributed by atoms with Crippen molar-refractivity contribution in [1.29, 1.82) is 0 Å². The Morgan fingerprint density at radius 1 is 1.03 bits per heavy atom. The van der Waals surface area contributed by atoms with Crippen LogP contribution in [0.15, 0.2) is 47.4 Å². The Bertz CT molecular complexity index is 1150. The van der Waals surface area contributed by atoms with E-state index in [1.54, 1.807) is 26.0 Å². The van der Waals surface area contributed by atoms with Gasteiger partial charge in [0.1, 0.15) is 6.04 Å². The van der Waals surface area contributed by atoms with Gasteiger partial charge in [-0.2, -0.15) is 4.31 Å². The third kappa shape index (κ3) is 5.68. The summed E-state index contributed by atoms with van der Waals surface area (Å²) in [5.74, 6) is 0.234. The van der Waals surface area contributed by atoms with Gasteiger partial charge in [-0.15, -0.1) is 0 Å². The van der Waals surface area contributed by atoms with E-state index in [1.165, 1.54) is 28.6 Å². The highest BCUT2D eigenvalue weighted by Crippen LogP contribution is 2.32. The first-order valence-electron chi connectivity index (χ1n) is 11.2. The van der Waals surface area contributed by atoms with Crippen LogP contribution in [0, 0.1) is 5.92 Å². The molecule has 2 aromatic rings. The molecule has 1 aliphatic rings. The first kappa shape index (κ1) is 25.5. The number of ether oxygens (including phenoxy) is 2. The third-order valence-electron chi connectivity index (χ3n) is 5.58. The molecule has 1 aliphatic heterocycles. The first-order valence-corrected chi connectivity index (χ1v) is 12.7. The lowest BCUT2D eigenvalue weighted by Crippen LogP contribution is -2.49. The summed E-state index contributed by atoms with van der Waals surface area (Å²) in [5.41, 5.74) is 1.00. The molecule has 1 atom stereocenters. The fourth-order valence-corrected chi connectivity index (χ4v) is 5.12. The molecule has 0 saturated heterocycles. The van der Waals surface area contributed by atoms with Crippen molar-refractivity contribution in [3.05, 3.63) is 53.6 Å². The maximum atomic E-state index is 12.9. The fourth-order valence-electron chi connectivity index (χ4n) is 3.62. The number of sulfonamides is 1. The van der Waals surface area contributed by atoms with Gasteiger partial charge < -0.3 is 20.1 Å². The van der Waals surface area contributed by atoms with E-state index in [-0.39, 0.29) is 35.6 Å². The Balaban J connectivity index is 1.69. The minimum absolute atomic E-state index is 0.0391. The highest BCUT2D eigenvalue weighted by molar-refractivity contribution is 7.89. The summed E-state index contributed by atoms with van der Waals surface area (Å²) < 4.78 is 37.6. The van der Waals surface area contributed by atoms with E-state index < -0.39 is 22.0 Å². The van der Waals surface area contributed by atoms with Crippen LogP contribution in [-0.2, 0) is 21.4 Å². The SMILES string of the molecule is CCN(CC)S(=O)(=O)c1cccc(C(=O)NC(C(=O)NCc2ccc3c(c2)OCO3)C(C)C)c1. The van der Waals surface area contributed by atoms with Gasteiger partial charge in [0, 0.05) is 25.2 Å². The molecule has 10 heteroatoms. The molecule has 1 unspecified atom stereocenters. The van der Waals surface area contributed by atoms with Gasteiger partial charge in [0.15, 0.2) is 11.5 Å². The quantitative estimate of drug-likeness (QED) is 0.530. The largest absolute Gasteiger partial charge is 0.454 e. The predicted molar refractivity (Wildman–Crippen MR) is 127 cm³/mol. The molecule has 2 N–H and O–H groups in total. The molecule has 1 heterocycles. The lowest BCUT2D eigenvalue weighted by Gasteiger charge is -2.22. The highest BCUT2D eigenvalue weighted by Gasteiger charge is 2.26. The second-order valence-electron chi connectivity index (χ2n) is 8.22. The summed E-state index contributed by atoms with van der Waals surface area (Å²) in [6.45, 7) is 8.25. The Labute approximate surface area is 200 Å². The average molecular weight is 490 g/mol. The molecular weight excluding hydrogens is 458 g/mol. The van der Waals surface area contributed by atoms with Gasteiger partial charge in [-0.3, -0.25) is 9.59 Å². The number of benzene rings is 2. The van der Waals surface area contributed by atoms with E-state index >= 15 is 0 Å². The van der Waals surface area contributed by atoms with Crippen LogP contribution in [-0.4, -0.2) is 50.5 Å². The van der Waals surface area contributed by atoms with Gasteiger partial charge in [0.2, 0.25) is 22.7 Å². The third-order valence-corrected chi connectivity index (χ3v) is 7.62. The number of nitrogens with one attached hydrogen (secondary N) is 2. The molecule has 0 bridgehead atoms. The van der Waals surface area contributed by atoms with Gasteiger partial charge in [-0.05, 0) is 41.8 Å². The van der Waals surface area contributed by atoms with E-state index in [4.69, 9.17) is 9.47 Å². The summed E-state index contributed by atoms with van der Waals surface area (Å²) in [7, 11) is -3.71. The van der Waals surface area contributed by atoms with E-state index in [2.05, 4.69) is 10.6 Å². The van der Waals surface area contributed by atoms with Crippen LogP contribution >= 0.6 is 0 Å². The Hall–Kier alpha value is -3.11. The molecule has 0 radical (unpaired) electrons. The van der Waals surface area contributed by atoms with Crippen LogP contribution in [0.5, 0.6) is 11.5 Å². The van der Waals surface area contributed by atoms with Crippen LogP contribution in [0.25, 0.3) is 0 Å². The van der Waals surface area contributed by atoms with E-state index in [9.17, 15) is 18.0 Å². The van der Waals surface area contributed by atoms with Crippen molar-refractivity contribution in [1.82, 2.24) is 14.9 Å². The van der Waals surface area contributed by atoms with E-state index in [1.807, 2.05) is 19.9 Å². The number of carbonyl (C=O) groups excluding carboxylic acids is 2. The van der Waals surface area contributed by atoms with Crippen molar-refractivity contribution in [2.24, 2.45) is 5.92 Å². The Kier molecular flexibility index (Phi) is 8.16. The molecular formula is C24H31N3O6S. The lowest BCUT2D eigenvalue weighted by molar-refractivity contribution is -0.124. The van der Waals surface area contributed by atoms with Gasteiger partial charge in [-0.1, -0.05) is 39.8 Å². The fraction of sp³-hybridized carbons (Fsp3) is 0.417. The predicted octanol–water partition coefficient (Wildman–Crippen LogP) is 2.52. The molecule has 2 aromatic carbocycles. The zero-order chi connectivity index (χ0) is 24.9. The van der Waals surface area contributed by atoms with Gasteiger partial charge in [0.05, 0.1) is 4.90 Å². The molecule has 0 spiro atoms. The van der Waals surface area contributed by atoms with Gasteiger partial charge in [0.25, 0.3) is 5.91 Å². The van der Waals surface area contributed by atoms with Crippen molar-refractivity contribution in [3.63, 3.8) is 0 Å². The van der Waals surface area contributed by atoms with Crippen molar-refractivity contribution in [3.8, 4) is 11.5 Å². The van der Waals surface area contributed by atoms with Crippen molar-refractivity contribution < 1.29 is 27.5 Å². The normalized spacial score (nSPS) is 13.7. The standard InChI is InChI=1S/C24H31N3O6S/c1-5-27(6-2)34(30,31)19-9-7-8-18(13-19)23(28)26-22(16(3)4)24(29)25-14-17-10-11-20-21(12-17)33-15-32-20/h7-13,16,22H,5-6,14-15H2,1-4H3,(H,25,29)(H,26,28). The van der Waals surface area contributed by atoms with E-state index in [0.29, 0.717) is 24.6 Å². The highest BCUT2D eigenvalue weighted by atomic mass is 32.2. The molecule has 3 rings (SSSR count). The number of rotatable bonds is 10.